The third-order valence-corrected chi connectivity index (χ3v) is 7.75. The lowest BCUT2D eigenvalue weighted by atomic mass is 9.87. The lowest BCUT2D eigenvalue weighted by Gasteiger charge is -2.33. The van der Waals surface area contributed by atoms with Crippen molar-refractivity contribution in [2.75, 3.05) is 51.4 Å². The zero-order chi connectivity index (χ0) is 27.1. The van der Waals surface area contributed by atoms with Crippen molar-refractivity contribution >= 4 is 16.6 Å². The van der Waals surface area contributed by atoms with Crippen molar-refractivity contribution in [2.24, 2.45) is 0 Å². The second-order valence-electron chi connectivity index (χ2n) is 10.4. The van der Waals surface area contributed by atoms with Gasteiger partial charge < -0.3 is 29.2 Å². The molecule has 0 spiro atoms. The van der Waals surface area contributed by atoms with Crippen LogP contribution in [0.2, 0.25) is 0 Å². The van der Waals surface area contributed by atoms with Crippen LogP contribution in [0.3, 0.4) is 0 Å². The number of fused-ring (bicyclic) bond motifs is 2. The van der Waals surface area contributed by atoms with Gasteiger partial charge in [-0.3, -0.25) is 0 Å². The second kappa shape index (κ2) is 12.7. The number of anilines is 1. The molecule has 4 aromatic rings. The Morgan fingerprint density at radius 3 is 2.83 bits per heavy atom. The van der Waals surface area contributed by atoms with Crippen molar-refractivity contribution in [1.82, 2.24) is 10.3 Å². The molecule has 6 rings (SSSR count). The molecule has 7 heteroatoms. The van der Waals surface area contributed by atoms with Crippen LogP contribution in [0.25, 0.3) is 10.9 Å². The monoisotopic (exact) mass is 539 g/mol. The van der Waals surface area contributed by atoms with E-state index in [0.717, 1.165) is 79.3 Å². The van der Waals surface area contributed by atoms with Gasteiger partial charge in [0.25, 0.3) is 0 Å². The fourth-order valence-electron chi connectivity index (χ4n) is 5.64. The summed E-state index contributed by atoms with van der Waals surface area (Å²) in [5.41, 5.74) is 4.51. The van der Waals surface area contributed by atoms with Crippen molar-refractivity contribution in [1.29, 1.82) is 0 Å². The summed E-state index contributed by atoms with van der Waals surface area (Å²) in [7, 11) is 1.75. The van der Waals surface area contributed by atoms with Gasteiger partial charge in [-0.2, -0.15) is 0 Å². The van der Waals surface area contributed by atoms with Crippen molar-refractivity contribution in [3.8, 4) is 17.4 Å². The first-order chi connectivity index (χ1) is 19.8. The van der Waals surface area contributed by atoms with E-state index in [1.807, 2.05) is 42.5 Å². The molecule has 3 heterocycles. The number of ether oxygens (including phenoxy) is 4. The summed E-state index contributed by atoms with van der Waals surface area (Å²) in [6.07, 6.45) is 2.12. The molecule has 0 radical (unpaired) electrons. The fraction of sp³-hybridized carbons (Fsp3) is 0.364. The average Bonchev–Trinajstić information content (AvgIpc) is 3.01. The number of benzene rings is 3. The number of pyridine rings is 1. The van der Waals surface area contributed by atoms with E-state index in [9.17, 15) is 0 Å². The second-order valence-corrected chi connectivity index (χ2v) is 10.4. The minimum atomic E-state index is 0.0905. The molecule has 2 atom stereocenters. The van der Waals surface area contributed by atoms with Crippen LogP contribution in [-0.4, -0.2) is 57.6 Å². The van der Waals surface area contributed by atoms with Gasteiger partial charge in [0.15, 0.2) is 0 Å². The van der Waals surface area contributed by atoms with Crippen molar-refractivity contribution in [3.05, 3.63) is 90.0 Å². The molecule has 0 aliphatic carbocycles. The maximum Gasteiger partial charge on any atom is 0.219 e. The summed E-state index contributed by atoms with van der Waals surface area (Å²) >= 11 is 0. The Bertz CT molecular complexity index is 1410. The third-order valence-electron chi connectivity index (χ3n) is 7.75. The molecule has 2 aliphatic heterocycles. The standard InChI is InChI=1S/C33H37N3O4/c1-37-19-4-17-36-18-20-38-31-13-7-24(21-30(31)36)23-39-32-22-34-16-15-28(32)25-8-11-27(12-9-25)40-33-14-10-26-5-2-3-6-29(26)35-33/h2-3,5-14,21,28,32,34H,4,15-20,22-23H2,1H3/t28-,32+/m1/s1. The van der Waals surface area contributed by atoms with Crippen molar-refractivity contribution < 1.29 is 18.9 Å². The highest BCUT2D eigenvalue weighted by atomic mass is 16.5. The van der Waals surface area contributed by atoms with Crippen LogP contribution >= 0.6 is 0 Å². The Morgan fingerprint density at radius 1 is 1.02 bits per heavy atom. The van der Waals surface area contributed by atoms with E-state index in [1.54, 1.807) is 7.11 Å². The molecule has 0 amide bonds. The number of methoxy groups -OCH3 is 1. The van der Waals surface area contributed by atoms with Gasteiger partial charge in [0.05, 0.1) is 30.5 Å². The third kappa shape index (κ3) is 6.22. The van der Waals surface area contributed by atoms with Gasteiger partial charge in [0.2, 0.25) is 5.88 Å². The Morgan fingerprint density at radius 2 is 1.93 bits per heavy atom. The predicted octanol–water partition coefficient (Wildman–Crippen LogP) is 5.92. The van der Waals surface area contributed by atoms with Crippen LogP contribution in [0.15, 0.2) is 78.9 Å². The van der Waals surface area contributed by atoms with E-state index in [0.29, 0.717) is 25.0 Å². The number of rotatable bonds is 10. The zero-order valence-electron chi connectivity index (χ0n) is 23.1. The minimum absolute atomic E-state index is 0.0905. The van der Waals surface area contributed by atoms with Gasteiger partial charge in [0.1, 0.15) is 18.1 Å². The molecule has 1 aromatic heterocycles. The summed E-state index contributed by atoms with van der Waals surface area (Å²) in [4.78, 5) is 7.02. The summed E-state index contributed by atoms with van der Waals surface area (Å²) in [5.74, 6) is 2.65. The molecule has 0 bridgehead atoms. The number of hydrogen-bond donors (Lipinski definition) is 1. The maximum atomic E-state index is 6.54. The molecule has 208 valence electrons. The van der Waals surface area contributed by atoms with Gasteiger partial charge in [-0.1, -0.05) is 36.4 Å². The molecule has 1 fully saturated rings. The van der Waals surface area contributed by atoms with Gasteiger partial charge in [-0.05, 0) is 66.9 Å². The van der Waals surface area contributed by atoms with Crippen molar-refractivity contribution in [3.63, 3.8) is 0 Å². The molecule has 0 unspecified atom stereocenters. The molecule has 1 saturated heterocycles. The normalized spacial score (nSPS) is 18.8. The SMILES string of the molecule is COCCCN1CCOc2ccc(CO[C@H]3CNCC[C@@H]3c3ccc(Oc4ccc5ccccc5n4)cc3)cc21. The van der Waals surface area contributed by atoms with E-state index in [1.165, 1.54) is 5.56 Å². The highest BCUT2D eigenvalue weighted by Crippen LogP contribution is 2.34. The summed E-state index contributed by atoms with van der Waals surface area (Å²) in [6.45, 7) is 5.72. The number of aromatic nitrogens is 1. The van der Waals surface area contributed by atoms with E-state index >= 15 is 0 Å². The quantitative estimate of drug-likeness (QED) is 0.251. The minimum Gasteiger partial charge on any atom is -0.490 e. The molecule has 40 heavy (non-hydrogen) atoms. The number of piperidine rings is 1. The number of hydrogen-bond acceptors (Lipinski definition) is 7. The zero-order valence-corrected chi connectivity index (χ0v) is 23.1. The largest absolute Gasteiger partial charge is 0.490 e. The molecular formula is C33H37N3O4. The lowest BCUT2D eigenvalue weighted by molar-refractivity contribution is 0.0106. The van der Waals surface area contributed by atoms with Crippen molar-refractivity contribution in [2.45, 2.75) is 31.5 Å². The van der Waals surface area contributed by atoms with Gasteiger partial charge >= 0.3 is 0 Å². The molecular weight excluding hydrogens is 502 g/mol. The molecule has 3 aromatic carbocycles. The molecule has 1 N–H and O–H groups in total. The smallest absolute Gasteiger partial charge is 0.219 e. The number of nitrogens with zero attached hydrogens (tertiary/aromatic N) is 2. The van der Waals surface area contributed by atoms with Gasteiger partial charge in [0, 0.05) is 44.2 Å². The number of para-hydroxylation sites is 1. The van der Waals surface area contributed by atoms with Crippen LogP contribution in [0.4, 0.5) is 5.69 Å². The fourth-order valence-corrected chi connectivity index (χ4v) is 5.64. The van der Waals surface area contributed by atoms with Crippen LogP contribution in [0.1, 0.15) is 29.9 Å². The predicted molar refractivity (Wildman–Crippen MR) is 158 cm³/mol. The maximum absolute atomic E-state index is 6.54. The Balaban J connectivity index is 1.10. The first kappa shape index (κ1) is 26.6. The lowest BCUT2D eigenvalue weighted by Crippen LogP contribution is -2.41. The van der Waals surface area contributed by atoms with E-state index in [4.69, 9.17) is 18.9 Å². The average molecular weight is 540 g/mol. The van der Waals surface area contributed by atoms with Gasteiger partial charge in [-0.25, -0.2) is 4.98 Å². The Labute approximate surface area is 236 Å². The van der Waals surface area contributed by atoms with Gasteiger partial charge in [-0.15, -0.1) is 0 Å². The van der Waals surface area contributed by atoms with E-state index in [-0.39, 0.29) is 6.10 Å². The Kier molecular flexibility index (Phi) is 8.42. The van der Waals surface area contributed by atoms with E-state index in [2.05, 4.69) is 51.6 Å². The summed E-state index contributed by atoms with van der Waals surface area (Å²) < 4.78 is 23.8. The van der Waals surface area contributed by atoms with Crippen LogP contribution in [0, 0.1) is 0 Å². The summed E-state index contributed by atoms with van der Waals surface area (Å²) in [5, 5.41) is 4.62. The first-order valence-electron chi connectivity index (χ1n) is 14.2. The summed E-state index contributed by atoms with van der Waals surface area (Å²) in [6, 6.07) is 26.8. The first-order valence-corrected chi connectivity index (χ1v) is 14.2. The molecule has 2 aliphatic rings. The number of nitrogens with one attached hydrogen (secondary N) is 1. The van der Waals surface area contributed by atoms with E-state index < -0.39 is 0 Å². The molecule has 0 saturated carbocycles. The van der Waals surface area contributed by atoms with Crippen LogP contribution < -0.4 is 19.7 Å². The Hall–Kier alpha value is -3.65. The van der Waals surface area contributed by atoms with Crippen LogP contribution in [-0.2, 0) is 16.1 Å². The highest BCUT2D eigenvalue weighted by molar-refractivity contribution is 5.78. The highest BCUT2D eigenvalue weighted by Gasteiger charge is 2.27. The van der Waals surface area contributed by atoms with Crippen LogP contribution in [0.5, 0.6) is 17.4 Å². The topological polar surface area (TPSA) is 65.1 Å². The molecule has 7 nitrogen and oxygen atoms in total.